The van der Waals surface area contributed by atoms with Crippen LogP contribution < -0.4 is 5.32 Å². The summed E-state index contributed by atoms with van der Waals surface area (Å²) in [5.74, 6) is 2.32. The molecule has 2 unspecified atom stereocenters. The summed E-state index contributed by atoms with van der Waals surface area (Å²) in [5.41, 5.74) is 0. The summed E-state index contributed by atoms with van der Waals surface area (Å²) in [4.78, 5) is 2.47. The van der Waals surface area contributed by atoms with Gasteiger partial charge in [-0.15, -0.1) is 10.2 Å². The fraction of sp³-hybridized carbons (Fsp3) is 0.857. The van der Waals surface area contributed by atoms with Gasteiger partial charge in [0.2, 0.25) is 11.8 Å². The van der Waals surface area contributed by atoms with Crippen molar-refractivity contribution >= 4 is 0 Å². The zero-order valence-electron chi connectivity index (χ0n) is 11.8. The van der Waals surface area contributed by atoms with Crippen LogP contribution >= 0.6 is 0 Å². The second-order valence-electron chi connectivity index (χ2n) is 5.78. The van der Waals surface area contributed by atoms with Crippen LogP contribution in [0.5, 0.6) is 0 Å². The highest BCUT2D eigenvalue weighted by molar-refractivity contribution is 4.88. The fourth-order valence-corrected chi connectivity index (χ4v) is 3.36. The van der Waals surface area contributed by atoms with E-state index < -0.39 is 0 Å². The van der Waals surface area contributed by atoms with Gasteiger partial charge in [0, 0.05) is 19.0 Å². The Hall–Kier alpha value is -0.940. The molecule has 0 amide bonds. The van der Waals surface area contributed by atoms with E-state index in [0.717, 1.165) is 43.3 Å². The Morgan fingerprint density at radius 1 is 1.26 bits per heavy atom. The molecule has 0 spiro atoms. The number of likely N-dealkylation sites (tertiary alicyclic amines) is 1. The Labute approximate surface area is 114 Å². The summed E-state index contributed by atoms with van der Waals surface area (Å²) in [7, 11) is 0. The van der Waals surface area contributed by atoms with Crippen molar-refractivity contribution in [3.05, 3.63) is 11.8 Å². The average molecular weight is 264 g/mol. The number of hydrogen-bond donors (Lipinski definition) is 1. The van der Waals surface area contributed by atoms with E-state index in [9.17, 15) is 0 Å². The Morgan fingerprint density at radius 2 is 2.16 bits per heavy atom. The third kappa shape index (κ3) is 3.15. The normalized spacial score (nSPS) is 28.9. The van der Waals surface area contributed by atoms with Crippen molar-refractivity contribution in [2.45, 2.75) is 51.6 Å². The van der Waals surface area contributed by atoms with Gasteiger partial charge >= 0.3 is 0 Å². The maximum absolute atomic E-state index is 5.62. The molecular weight excluding hydrogens is 240 g/mol. The highest BCUT2D eigenvalue weighted by Gasteiger charge is 2.29. The third-order valence-electron chi connectivity index (χ3n) is 4.38. The molecule has 2 atom stereocenters. The first-order valence-corrected chi connectivity index (χ1v) is 7.62. The second-order valence-corrected chi connectivity index (χ2v) is 5.78. The first kappa shape index (κ1) is 13.1. The van der Waals surface area contributed by atoms with Gasteiger partial charge in [0.05, 0.1) is 6.54 Å². The summed E-state index contributed by atoms with van der Waals surface area (Å²) in [6.07, 6.45) is 6.15. The molecule has 19 heavy (non-hydrogen) atoms. The Bertz CT molecular complexity index is 400. The molecule has 3 heterocycles. The molecule has 0 saturated carbocycles. The van der Waals surface area contributed by atoms with E-state index in [1.54, 1.807) is 0 Å². The summed E-state index contributed by atoms with van der Waals surface area (Å²) >= 11 is 0. The lowest BCUT2D eigenvalue weighted by atomic mass is 9.90. The molecule has 1 aromatic heterocycles. The molecule has 106 valence electrons. The summed E-state index contributed by atoms with van der Waals surface area (Å²) in [6, 6.07) is 0.733. The molecular formula is C14H24N4O. The Balaban J connectivity index is 1.55. The minimum atomic E-state index is 0.733. The highest BCUT2D eigenvalue weighted by atomic mass is 16.4. The molecule has 2 aliphatic rings. The monoisotopic (exact) mass is 264 g/mol. The molecule has 1 aromatic rings. The SMILES string of the molecule is CCc1nnc(CN2CCCC(C3CCCN3)C2)o1. The van der Waals surface area contributed by atoms with Crippen molar-refractivity contribution in [3.63, 3.8) is 0 Å². The molecule has 5 heteroatoms. The van der Waals surface area contributed by atoms with Gasteiger partial charge in [-0.1, -0.05) is 6.92 Å². The quantitative estimate of drug-likeness (QED) is 0.895. The van der Waals surface area contributed by atoms with Crippen LogP contribution in [0.1, 0.15) is 44.4 Å². The number of hydrogen-bond acceptors (Lipinski definition) is 5. The molecule has 0 bridgehead atoms. The highest BCUT2D eigenvalue weighted by Crippen LogP contribution is 2.25. The molecule has 2 saturated heterocycles. The molecule has 0 aromatic carbocycles. The van der Waals surface area contributed by atoms with E-state index in [1.807, 2.05) is 6.92 Å². The van der Waals surface area contributed by atoms with Crippen LogP contribution in [-0.4, -0.2) is 40.8 Å². The van der Waals surface area contributed by atoms with Crippen molar-refractivity contribution in [2.24, 2.45) is 5.92 Å². The summed E-state index contributed by atoms with van der Waals surface area (Å²) in [5, 5.41) is 11.8. The van der Waals surface area contributed by atoms with Gasteiger partial charge in [-0.25, -0.2) is 0 Å². The lowest BCUT2D eigenvalue weighted by Crippen LogP contribution is -2.43. The first-order valence-electron chi connectivity index (χ1n) is 7.62. The van der Waals surface area contributed by atoms with Gasteiger partial charge < -0.3 is 9.73 Å². The Kier molecular flexibility index (Phi) is 4.13. The van der Waals surface area contributed by atoms with E-state index in [4.69, 9.17) is 4.42 Å². The average Bonchev–Trinajstić information content (AvgIpc) is 3.10. The standard InChI is InChI=1S/C14H24N4O/c1-2-13-16-17-14(19-13)10-18-8-4-5-11(9-18)12-6-3-7-15-12/h11-12,15H,2-10H2,1H3. The van der Waals surface area contributed by atoms with Crippen LogP contribution in [0.15, 0.2) is 4.42 Å². The molecule has 3 rings (SSSR count). The fourth-order valence-electron chi connectivity index (χ4n) is 3.36. The van der Waals surface area contributed by atoms with Gasteiger partial charge in [-0.2, -0.15) is 0 Å². The van der Waals surface area contributed by atoms with Gasteiger partial charge in [-0.3, -0.25) is 4.90 Å². The van der Waals surface area contributed by atoms with Crippen molar-refractivity contribution < 1.29 is 4.42 Å². The van der Waals surface area contributed by atoms with Crippen LogP contribution in [0.4, 0.5) is 0 Å². The first-order chi connectivity index (χ1) is 9.35. The largest absolute Gasteiger partial charge is 0.424 e. The van der Waals surface area contributed by atoms with Crippen LogP contribution in [0.3, 0.4) is 0 Å². The number of aromatic nitrogens is 2. The topological polar surface area (TPSA) is 54.2 Å². The lowest BCUT2D eigenvalue weighted by molar-refractivity contribution is 0.134. The van der Waals surface area contributed by atoms with E-state index in [-0.39, 0.29) is 0 Å². The smallest absolute Gasteiger partial charge is 0.230 e. The molecule has 0 aliphatic carbocycles. The zero-order valence-corrected chi connectivity index (χ0v) is 11.8. The van der Waals surface area contributed by atoms with Crippen LogP contribution in [-0.2, 0) is 13.0 Å². The van der Waals surface area contributed by atoms with Crippen LogP contribution in [0.25, 0.3) is 0 Å². The maximum Gasteiger partial charge on any atom is 0.230 e. The molecule has 2 aliphatic heterocycles. The molecule has 5 nitrogen and oxygen atoms in total. The number of rotatable bonds is 4. The van der Waals surface area contributed by atoms with Crippen molar-refractivity contribution in [2.75, 3.05) is 19.6 Å². The predicted octanol–water partition coefficient (Wildman–Crippen LogP) is 1.60. The van der Waals surface area contributed by atoms with Crippen molar-refractivity contribution in [1.82, 2.24) is 20.4 Å². The summed E-state index contributed by atoms with van der Waals surface area (Å²) < 4.78 is 5.62. The molecule has 0 radical (unpaired) electrons. The van der Waals surface area contributed by atoms with Gasteiger partial charge in [0.1, 0.15) is 0 Å². The lowest BCUT2D eigenvalue weighted by Gasteiger charge is -2.35. The van der Waals surface area contributed by atoms with Crippen molar-refractivity contribution in [1.29, 1.82) is 0 Å². The maximum atomic E-state index is 5.62. The number of piperidine rings is 1. The minimum Gasteiger partial charge on any atom is -0.424 e. The number of nitrogens with zero attached hydrogens (tertiary/aromatic N) is 3. The number of aryl methyl sites for hydroxylation is 1. The van der Waals surface area contributed by atoms with E-state index in [2.05, 4.69) is 20.4 Å². The molecule has 2 fully saturated rings. The van der Waals surface area contributed by atoms with Gasteiger partial charge in [0.15, 0.2) is 0 Å². The van der Waals surface area contributed by atoms with E-state index in [0.29, 0.717) is 0 Å². The molecule has 1 N–H and O–H groups in total. The van der Waals surface area contributed by atoms with Gasteiger partial charge in [0.25, 0.3) is 0 Å². The van der Waals surface area contributed by atoms with E-state index in [1.165, 1.54) is 38.8 Å². The number of nitrogens with one attached hydrogen (secondary N) is 1. The summed E-state index contributed by atoms with van der Waals surface area (Å²) in [6.45, 7) is 6.38. The van der Waals surface area contributed by atoms with Crippen molar-refractivity contribution in [3.8, 4) is 0 Å². The zero-order chi connectivity index (χ0) is 13.1. The van der Waals surface area contributed by atoms with Gasteiger partial charge in [-0.05, 0) is 44.7 Å². The van der Waals surface area contributed by atoms with E-state index >= 15 is 0 Å². The minimum absolute atomic E-state index is 0.733. The second kappa shape index (κ2) is 6.01. The Morgan fingerprint density at radius 3 is 2.89 bits per heavy atom. The van der Waals surface area contributed by atoms with Crippen LogP contribution in [0.2, 0.25) is 0 Å². The third-order valence-corrected chi connectivity index (χ3v) is 4.38. The predicted molar refractivity (Wildman–Crippen MR) is 72.7 cm³/mol. The van der Waals surface area contributed by atoms with Crippen LogP contribution in [0, 0.1) is 5.92 Å².